The summed E-state index contributed by atoms with van der Waals surface area (Å²) in [5, 5.41) is 0. The Morgan fingerprint density at radius 1 is 0.900 bits per heavy atom. The highest BCUT2D eigenvalue weighted by atomic mass is 15.2. The van der Waals surface area contributed by atoms with Crippen LogP contribution in [0.3, 0.4) is 0 Å². The van der Waals surface area contributed by atoms with Crippen LogP contribution in [-0.2, 0) is 0 Å². The van der Waals surface area contributed by atoms with E-state index < -0.39 is 0 Å². The van der Waals surface area contributed by atoms with E-state index in [9.17, 15) is 0 Å². The molecule has 0 radical (unpaired) electrons. The summed E-state index contributed by atoms with van der Waals surface area (Å²) in [5.74, 6) is 0. The molecule has 1 heterocycles. The SMILES string of the molecule is CCCCCCCCC(CCCCC)N1C=CC=NC1. The quantitative estimate of drug-likeness (QED) is 0.428. The zero-order valence-electron chi connectivity index (χ0n) is 13.7. The van der Waals surface area contributed by atoms with E-state index in [0.29, 0.717) is 6.04 Å². The number of nitrogens with zero attached hydrogens (tertiary/aromatic N) is 2. The second-order valence-corrected chi connectivity index (χ2v) is 6.03. The second kappa shape index (κ2) is 12.0. The molecule has 2 nitrogen and oxygen atoms in total. The molecule has 0 bridgehead atoms. The van der Waals surface area contributed by atoms with Crippen molar-refractivity contribution in [2.75, 3.05) is 6.67 Å². The molecule has 0 aromatic rings. The fourth-order valence-electron chi connectivity index (χ4n) is 2.90. The number of allylic oxidation sites excluding steroid dienone is 1. The van der Waals surface area contributed by atoms with Gasteiger partial charge in [0, 0.05) is 18.5 Å². The molecule has 1 unspecified atom stereocenters. The van der Waals surface area contributed by atoms with Crippen molar-refractivity contribution in [3.8, 4) is 0 Å². The molecule has 0 N–H and O–H groups in total. The van der Waals surface area contributed by atoms with E-state index in [-0.39, 0.29) is 0 Å². The predicted octanol–water partition coefficient (Wildman–Crippen LogP) is 5.54. The van der Waals surface area contributed by atoms with Crippen molar-refractivity contribution in [2.45, 2.75) is 90.5 Å². The van der Waals surface area contributed by atoms with Gasteiger partial charge in [-0.3, -0.25) is 4.99 Å². The van der Waals surface area contributed by atoms with Gasteiger partial charge in [-0.15, -0.1) is 0 Å². The zero-order chi connectivity index (χ0) is 14.5. The normalized spacial score (nSPS) is 15.8. The maximum absolute atomic E-state index is 4.39. The Bertz CT molecular complexity index is 271. The van der Waals surface area contributed by atoms with Crippen molar-refractivity contribution in [3.63, 3.8) is 0 Å². The van der Waals surface area contributed by atoms with Gasteiger partial charge < -0.3 is 4.90 Å². The standard InChI is InChI=1S/C18H34N2/c1-3-5-7-8-9-11-14-18(13-10-6-4-2)20-16-12-15-19-17-20/h12,15-16,18H,3-11,13-14,17H2,1-2H3. The molecule has 0 aliphatic carbocycles. The van der Waals surface area contributed by atoms with Gasteiger partial charge in [-0.2, -0.15) is 0 Å². The molecule has 20 heavy (non-hydrogen) atoms. The molecule has 1 rings (SSSR count). The number of aliphatic imine (C=N–C) groups is 1. The van der Waals surface area contributed by atoms with Crippen LogP contribution in [0.2, 0.25) is 0 Å². The van der Waals surface area contributed by atoms with Gasteiger partial charge in [0.05, 0.1) is 0 Å². The predicted molar refractivity (Wildman–Crippen MR) is 90.3 cm³/mol. The Morgan fingerprint density at radius 3 is 2.15 bits per heavy atom. The minimum absolute atomic E-state index is 0.710. The first-order chi connectivity index (χ1) is 9.88. The topological polar surface area (TPSA) is 15.6 Å². The van der Waals surface area contributed by atoms with Gasteiger partial charge >= 0.3 is 0 Å². The summed E-state index contributed by atoms with van der Waals surface area (Å²) in [7, 11) is 0. The molecular weight excluding hydrogens is 244 g/mol. The first-order valence-corrected chi connectivity index (χ1v) is 8.80. The lowest BCUT2D eigenvalue weighted by Crippen LogP contribution is -2.32. The van der Waals surface area contributed by atoms with Crippen LogP contribution in [0.25, 0.3) is 0 Å². The number of rotatable bonds is 12. The lowest BCUT2D eigenvalue weighted by atomic mass is 10.00. The molecule has 0 aromatic carbocycles. The maximum Gasteiger partial charge on any atom is 0.110 e. The largest absolute Gasteiger partial charge is 0.355 e. The molecule has 1 aliphatic rings. The molecule has 0 spiro atoms. The third kappa shape index (κ3) is 7.72. The van der Waals surface area contributed by atoms with E-state index in [2.05, 4.69) is 36.0 Å². The fraction of sp³-hybridized carbons (Fsp3) is 0.833. The van der Waals surface area contributed by atoms with E-state index in [4.69, 9.17) is 0 Å². The Labute approximate surface area is 126 Å². The smallest absolute Gasteiger partial charge is 0.110 e. The summed E-state index contributed by atoms with van der Waals surface area (Å²) < 4.78 is 0. The van der Waals surface area contributed by atoms with Gasteiger partial charge in [0.2, 0.25) is 0 Å². The highest BCUT2D eigenvalue weighted by Crippen LogP contribution is 2.19. The van der Waals surface area contributed by atoms with Crippen molar-refractivity contribution in [1.82, 2.24) is 4.90 Å². The van der Waals surface area contributed by atoms with Crippen LogP contribution in [0, 0.1) is 0 Å². The van der Waals surface area contributed by atoms with Crippen LogP contribution in [-0.4, -0.2) is 23.8 Å². The van der Waals surface area contributed by atoms with Crippen LogP contribution in [0.1, 0.15) is 84.5 Å². The van der Waals surface area contributed by atoms with E-state index in [0.717, 1.165) is 6.67 Å². The average Bonchev–Trinajstić information content (AvgIpc) is 2.50. The summed E-state index contributed by atoms with van der Waals surface area (Å²) in [4.78, 5) is 6.84. The Balaban J connectivity index is 2.23. The Morgan fingerprint density at radius 2 is 1.50 bits per heavy atom. The maximum atomic E-state index is 4.39. The van der Waals surface area contributed by atoms with Gasteiger partial charge in [-0.1, -0.05) is 71.6 Å². The van der Waals surface area contributed by atoms with Crippen molar-refractivity contribution >= 4 is 6.21 Å². The van der Waals surface area contributed by atoms with E-state index in [1.165, 1.54) is 70.6 Å². The zero-order valence-corrected chi connectivity index (χ0v) is 13.7. The molecule has 1 atom stereocenters. The molecule has 1 aliphatic heterocycles. The lowest BCUT2D eigenvalue weighted by molar-refractivity contribution is 0.243. The molecule has 2 heteroatoms. The molecule has 0 aromatic heterocycles. The summed E-state index contributed by atoms with van der Waals surface area (Å²) in [6.45, 7) is 5.43. The van der Waals surface area contributed by atoms with Gasteiger partial charge in [-0.25, -0.2) is 0 Å². The fourth-order valence-corrected chi connectivity index (χ4v) is 2.90. The first-order valence-electron chi connectivity index (χ1n) is 8.80. The van der Waals surface area contributed by atoms with Crippen LogP contribution < -0.4 is 0 Å². The summed E-state index contributed by atoms with van der Waals surface area (Å²) in [6.07, 6.45) is 21.4. The number of hydrogen-bond donors (Lipinski definition) is 0. The first kappa shape index (κ1) is 17.3. The van der Waals surface area contributed by atoms with Gasteiger partial charge in [0.1, 0.15) is 6.67 Å². The van der Waals surface area contributed by atoms with Gasteiger partial charge in [-0.05, 0) is 18.9 Å². The minimum atomic E-state index is 0.710. The molecule has 0 amide bonds. The summed E-state index contributed by atoms with van der Waals surface area (Å²) in [5.41, 5.74) is 0. The molecule has 0 saturated heterocycles. The Kier molecular flexibility index (Phi) is 10.3. The van der Waals surface area contributed by atoms with Gasteiger partial charge in [0.25, 0.3) is 0 Å². The molecule has 116 valence electrons. The lowest BCUT2D eigenvalue weighted by Gasteiger charge is -2.30. The monoisotopic (exact) mass is 278 g/mol. The van der Waals surface area contributed by atoms with Crippen LogP contribution in [0.15, 0.2) is 17.3 Å². The Hall–Kier alpha value is -0.790. The molecule has 0 fully saturated rings. The number of hydrogen-bond acceptors (Lipinski definition) is 2. The van der Waals surface area contributed by atoms with Crippen molar-refractivity contribution < 1.29 is 0 Å². The summed E-state index contributed by atoms with van der Waals surface area (Å²) >= 11 is 0. The van der Waals surface area contributed by atoms with Crippen molar-refractivity contribution in [1.29, 1.82) is 0 Å². The second-order valence-electron chi connectivity index (χ2n) is 6.03. The average molecular weight is 278 g/mol. The molecule has 0 saturated carbocycles. The van der Waals surface area contributed by atoms with Crippen molar-refractivity contribution in [2.24, 2.45) is 4.99 Å². The summed E-state index contributed by atoms with van der Waals surface area (Å²) in [6, 6.07) is 0.710. The van der Waals surface area contributed by atoms with Crippen LogP contribution in [0.5, 0.6) is 0 Å². The third-order valence-electron chi connectivity index (χ3n) is 4.21. The van der Waals surface area contributed by atoms with Crippen LogP contribution >= 0.6 is 0 Å². The van der Waals surface area contributed by atoms with Crippen LogP contribution in [0.4, 0.5) is 0 Å². The third-order valence-corrected chi connectivity index (χ3v) is 4.21. The highest BCUT2D eigenvalue weighted by molar-refractivity contribution is 5.71. The van der Waals surface area contributed by atoms with Crippen molar-refractivity contribution in [3.05, 3.63) is 12.3 Å². The number of unbranched alkanes of at least 4 members (excludes halogenated alkanes) is 7. The molecular formula is C18H34N2. The van der Waals surface area contributed by atoms with E-state index >= 15 is 0 Å². The van der Waals surface area contributed by atoms with Gasteiger partial charge in [0.15, 0.2) is 0 Å². The minimum Gasteiger partial charge on any atom is -0.355 e. The highest BCUT2D eigenvalue weighted by Gasteiger charge is 2.15. The van der Waals surface area contributed by atoms with E-state index in [1.54, 1.807) is 0 Å². The van der Waals surface area contributed by atoms with E-state index in [1.807, 2.05) is 6.21 Å².